The van der Waals surface area contributed by atoms with Crippen molar-refractivity contribution in [3.8, 4) is 16.9 Å². The second kappa shape index (κ2) is 12.3. The number of carbonyl (C=O) groups excluding carboxylic acids is 1. The number of anilines is 2. The molecule has 0 heterocycles. The fourth-order valence-electron chi connectivity index (χ4n) is 3.54. The molecule has 4 aromatic carbocycles. The van der Waals surface area contributed by atoms with Crippen LogP contribution in [-0.4, -0.2) is 26.1 Å². The Balaban J connectivity index is 1.34. The Bertz CT molecular complexity index is 1350. The van der Waals surface area contributed by atoms with Gasteiger partial charge in [-0.15, -0.1) is 0 Å². The van der Waals surface area contributed by atoms with Crippen molar-refractivity contribution in [1.29, 1.82) is 0 Å². The molecule has 3 N–H and O–H groups in total. The lowest BCUT2D eigenvalue weighted by atomic mass is 10.1. The lowest BCUT2D eigenvalue weighted by Crippen LogP contribution is -2.28. The topological polar surface area (TPSA) is 62.4 Å². The molecule has 1 amide bonds. The highest BCUT2D eigenvalue weighted by molar-refractivity contribution is 8.00. The van der Waals surface area contributed by atoms with E-state index in [1.54, 1.807) is 43.5 Å². The van der Waals surface area contributed by atoms with E-state index in [0.717, 1.165) is 21.8 Å². The van der Waals surface area contributed by atoms with Gasteiger partial charge in [-0.1, -0.05) is 48.0 Å². The van der Waals surface area contributed by atoms with Gasteiger partial charge in [-0.2, -0.15) is 0 Å². The average Bonchev–Trinajstić information content (AvgIpc) is 2.90. The molecule has 0 unspecified atom stereocenters. The van der Waals surface area contributed by atoms with Crippen molar-refractivity contribution in [2.24, 2.45) is 0 Å². The number of carbonyl (C=O) groups is 1. The molecule has 0 atom stereocenters. The molecule has 184 valence electrons. The molecule has 0 spiro atoms. The summed E-state index contributed by atoms with van der Waals surface area (Å²) >= 11 is 7.33. The van der Waals surface area contributed by atoms with Crippen LogP contribution in [0.15, 0.2) is 95.9 Å². The van der Waals surface area contributed by atoms with Crippen LogP contribution in [0, 0.1) is 5.82 Å². The molecule has 0 saturated heterocycles. The summed E-state index contributed by atoms with van der Waals surface area (Å²) in [5, 5.41) is 6.70. The van der Waals surface area contributed by atoms with Gasteiger partial charge >= 0.3 is 0 Å². The minimum atomic E-state index is -0.269. The van der Waals surface area contributed by atoms with Crippen LogP contribution in [0.1, 0.15) is 10.4 Å². The Morgan fingerprint density at radius 1 is 0.917 bits per heavy atom. The van der Waals surface area contributed by atoms with E-state index in [1.165, 1.54) is 18.0 Å². The van der Waals surface area contributed by atoms with E-state index >= 15 is 0 Å². The van der Waals surface area contributed by atoms with E-state index in [9.17, 15) is 9.18 Å². The fraction of sp³-hybridized carbons (Fsp3) is 0.107. The standard InChI is InChI=1S/C28H25ClFN3O2S/c1-35-26-13-12-19(24-10-2-3-11-25(24)30)17-27(26)36-33-23-9-5-8-22(18-23)31-14-15-32-28(34)20-6-4-7-21(29)16-20/h2-13,16-18,31,33H,14-15H2,1H3,(H,32,34). The monoisotopic (exact) mass is 521 g/mol. The first-order valence-corrected chi connectivity index (χ1v) is 12.5. The molecular weight excluding hydrogens is 497 g/mol. The van der Waals surface area contributed by atoms with Crippen LogP contribution in [0.25, 0.3) is 11.1 Å². The lowest BCUT2D eigenvalue weighted by Gasteiger charge is -2.13. The highest BCUT2D eigenvalue weighted by Gasteiger charge is 2.10. The Morgan fingerprint density at radius 3 is 2.53 bits per heavy atom. The largest absolute Gasteiger partial charge is 0.496 e. The summed E-state index contributed by atoms with van der Waals surface area (Å²) < 4.78 is 23.1. The zero-order valence-electron chi connectivity index (χ0n) is 19.6. The van der Waals surface area contributed by atoms with Crippen LogP contribution >= 0.6 is 23.5 Å². The van der Waals surface area contributed by atoms with Gasteiger partial charge in [0, 0.05) is 40.6 Å². The van der Waals surface area contributed by atoms with Crippen LogP contribution in [0.4, 0.5) is 15.8 Å². The van der Waals surface area contributed by atoms with Gasteiger partial charge in [0.25, 0.3) is 5.91 Å². The van der Waals surface area contributed by atoms with Crippen molar-refractivity contribution in [2.45, 2.75) is 4.90 Å². The summed E-state index contributed by atoms with van der Waals surface area (Å²) in [6.07, 6.45) is 0. The van der Waals surface area contributed by atoms with E-state index in [2.05, 4.69) is 15.4 Å². The van der Waals surface area contributed by atoms with Gasteiger partial charge in [0.2, 0.25) is 0 Å². The summed E-state index contributed by atoms with van der Waals surface area (Å²) in [4.78, 5) is 13.1. The Labute approximate surface area is 219 Å². The van der Waals surface area contributed by atoms with Crippen LogP contribution in [0.5, 0.6) is 5.75 Å². The minimum Gasteiger partial charge on any atom is -0.496 e. The van der Waals surface area contributed by atoms with Gasteiger partial charge in [0.05, 0.1) is 12.0 Å². The number of ether oxygens (including phenoxy) is 1. The number of hydrogen-bond donors (Lipinski definition) is 3. The molecule has 36 heavy (non-hydrogen) atoms. The molecule has 0 saturated carbocycles. The molecule has 0 aliphatic carbocycles. The third-order valence-corrected chi connectivity index (χ3v) is 6.43. The second-order valence-electron chi connectivity index (χ2n) is 7.82. The van der Waals surface area contributed by atoms with E-state index in [4.69, 9.17) is 16.3 Å². The summed E-state index contributed by atoms with van der Waals surface area (Å²) in [5.74, 6) is 0.254. The first-order chi connectivity index (χ1) is 17.5. The van der Waals surface area contributed by atoms with Gasteiger partial charge < -0.3 is 20.1 Å². The first kappa shape index (κ1) is 25.4. The van der Waals surface area contributed by atoms with Crippen LogP contribution in [0.3, 0.4) is 0 Å². The van der Waals surface area contributed by atoms with Crippen LogP contribution in [0.2, 0.25) is 5.02 Å². The number of hydrogen-bond acceptors (Lipinski definition) is 5. The van der Waals surface area contributed by atoms with Crippen molar-refractivity contribution in [3.05, 3.63) is 107 Å². The number of amides is 1. The summed E-state index contributed by atoms with van der Waals surface area (Å²) in [6, 6.07) is 26.9. The quantitative estimate of drug-likeness (QED) is 0.153. The highest BCUT2D eigenvalue weighted by Crippen LogP contribution is 2.35. The fourth-order valence-corrected chi connectivity index (χ4v) is 4.52. The van der Waals surface area contributed by atoms with Crippen LogP contribution < -0.4 is 20.1 Å². The summed E-state index contributed by atoms with van der Waals surface area (Å²) in [7, 11) is 1.61. The lowest BCUT2D eigenvalue weighted by molar-refractivity contribution is 0.0955. The van der Waals surface area contributed by atoms with Crippen molar-refractivity contribution in [1.82, 2.24) is 5.32 Å². The molecule has 0 bridgehead atoms. The van der Waals surface area contributed by atoms with Gasteiger partial charge in [-0.3, -0.25) is 4.79 Å². The molecule has 0 aliphatic rings. The molecule has 0 radical (unpaired) electrons. The Morgan fingerprint density at radius 2 is 1.72 bits per heavy atom. The number of rotatable bonds is 10. The normalized spacial score (nSPS) is 10.5. The Hall–Kier alpha value is -3.68. The smallest absolute Gasteiger partial charge is 0.251 e. The van der Waals surface area contributed by atoms with Crippen molar-refractivity contribution in [2.75, 3.05) is 30.2 Å². The van der Waals surface area contributed by atoms with Gasteiger partial charge in [-0.05, 0) is 72.1 Å². The molecule has 4 aromatic rings. The third kappa shape index (κ3) is 6.71. The maximum absolute atomic E-state index is 14.3. The molecule has 0 aromatic heterocycles. The van der Waals surface area contributed by atoms with E-state index in [-0.39, 0.29) is 11.7 Å². The van der Waals surface area contributed by atoms with E-state index in [1.807, 2.05) is 48.5 Å². The number of benzene rings is 4. The van der Waals surface area contributed by atoms with Crippen molar-refractivity contribution < 1.29 is 13.9 Å². The maximum Gasteiger partial charge on any atom is 0.251 e. The molecule has 0 fully saturated rings. The number of nitrogens with one attached hydrogen (secondary N) is 3. The maximum atomic E-state index is 14.3. The van der Waals surface area contributed by atoms with Crippen molar-refractivity contribution in [3.63, 3.8) is 0 Å². The van der Waals surface area contributed by atoms with Crippen molar-refractivity contribution >= 4 is 40.8 Å². The highest BCUT2D eigenvalue weighted by atomic mass is 35.5. The molecule has 5 nitrogen and oxygen atoms in total. The zero-order chi connectivity index (χ0) is 25.3. The molecule has 8 heteroatoms. The van der Waals surface area contributed by atoms with Crippen LogP contribution in [-0.2, 0) is 0 Å². The molecular formula is C28H25ClFN3O2S. The first-order valence-electron chi connectivity index (χ1n) is 11.3. The number of methoxy groups -OCH3 is 1. The third-order valence-electron chi connectivity index (χ3n) is 5.32. The second-order valence-corrected chi connectivity index (χ2v) is 9.11. The summed E-state index contributed by atoms with van der Waals surface area (Å²) in [6.45, 7) is 1.01. The average molecular weight is 522 g/mol. The predicted octanol–water partition coefficient (Wildman–Crippen LogP) is 7.12. The van der Waals surface area contributed by atoms with E-state index < -0.39 is 0 Å². The van der Waals surface area contributed by atoms with Gasteiger partial charge in [-0.25, -0.2) is 4.39 Å². The zero-order valence-corrected chi connectivity index (χ0v) is 21.1. The van der Waals surface area contributed by atoms with Gasteiger partial charge in [0.1, 0.15) is 11.6 Å². The van der Waals surface area contributed by atoms with E-state index in [0.29, 0.717) is 35.0 Å². The Kier molecular flexibility index (Phi) is 8.71. The summed E-state index contributed by atoms with van der Waals surface area (Å²) in [5.41, 5.74) is 3.63. The minimum absolute atomic E-state index is 0.169. The predicted molar refractivity (Wildman–Crippen MR) is 147 cm³/mol. The SMILES string of the molecule is COc1ccc(-c2ccccc2F)cc1SNc1cccc(NCCNC(=O)c2cccc(Cl)c2)c1. The number of halogens is 2. The molecule has 4 rings (SSSR count). The van der Waals surface area contributed by atoms with Gasteiger partial charge in [0.15, 0.2) is 0 Å². The molecule has 0 aliphatic heterocycles.